The molecule has 0 fully saturated rings. The maximum Gasteiger partial charge on any atom is 0.109 e. The zero-order valence-corrected chi connectivity index (χ0v) is 15.2. The third kappa shape index (κ3) is 5.07. The van der Waals surface area contributed by atoms with E-state index < -0.39 is 0 Å². The van der Waals surface area contributed by atoms with Gasteiger partial charge in [-0.15, -0.1) is 0 Å². The maximum absolute atomic E-state index is 4.78. The molecule has 2 rings (SSSR count). The second-order valence-corrected chi connectivity index (χ2v) is 6.42. The number of aromatic nitrogens is 2. The number of unbranched alkanes of at least 4 members (excludes halogenated alkanes) is 2. The van der Waals surface area contributed by atoms with Gasteiger partial charge in [0.2, 0.25) is 0 Å². The molecule has 3 heteroatoms. The molecule has 0 saturated heterocycles. The van der Waals surface area contributed by atoms with E-state index in [0.29, 0.717) is 0 Å². The molecule has 0 atom stereocenters. The predicted octanol–water partition coefficient (Wildman–Crippen LogP) is 4.89. The standard InChI is InChI=1S/C20H33N3/c1-4-7-14-22(15-8-5-2)16-11-17-23-19-13-10-9-12-18(19)21-20(23)6-3/h9-10,12-13H,4-8,11,14-17H2,1-3H3. The quantitative estimate of drug-likeness (QED) is 0.588. The molecule has 3 nitrogen and oxygen atoms in total. The topological polar surface area (TPSA) is 21.1 Å². The smallest absolute Gasteiger partial charge is 0.109 e. The number of benzene rings is 1. The lowest BCUT2D eigenvalue weighted by molar-refractivity contribution is 0.257. The van der Waals surface area contributed by atoms with Gasteiger partial charge in [-0.05, 0) is 51.0 Å². The van der Waals surface area contributed by atoms with E-state index in [2.05, 4.69) is 54.5 Å². The third-order valence-electron chi connectivity index (χ3n) is 4.56. The lowest BCUT2D eigenvalue weighted by Gasteiger charge is -2.22. The largest absolute Gasteiger partial charge is 0.328 e. The van der Waals surface area contributed by atoms with Crippen LogP contribution in [0.3, 0.4) is 0 Å². The summed E-state index contributed by atoms with van der Waals surface area (Å²) in [4.78, 5) is 7.43. The van der Waals surface area contributed by atoms with Crippen molar-refractivity contribution in [3.8, 4) is 0 Å². The number of hydrogen-bond donors (Lipinski definition) is 0. The van der Waals surface area contributed by atoms with Crippen LogP contribution in [0.2, 0.25) is 0 Å². The molecular formula is C20H33N3. The molecule has 2 aromatic rings. The van der Waals surface area contributed by atoms with Crippen molar-refractivity contribution in [3.05, 3.63) is 30.1 Å². The van der Waals surface area contributed by atoms with Crippen LogP contribution in [-0.2, 0) is 13.0 Å². The Morgan fingerprint density at radius 2 is 1.57 bits per heavy atom. The van der Waals surface area contributed by atoms with E-state index in [1.807, 2.05) is 0 Å². The number of imidazole rings is 1. The molecular weight excluding hydrogens is 282 g/mol. The molecule has 0 aliphatic heterocycles. The fraction of sp³-hybridized carbons (Fsp3) is 0.650. The van der Waals surface area contributed by atoms with Gasteiger partial charge in [-0.1, -0.05) is 45.7 Å². The molecule has 128 valence electrons. The lowest BCUT2D eigenvalue weighted by Crippen LogP contribution is -2.28. The summed E-state index contributed by atoms with van der Waals surface area (Å²) in [6.45, 7) is 11.6. The monoisotopic (exact) mass is 315 g/mol. The summed E-state index contributed by atoms with van der Waals surface area (Å²) >= 11 is 0. The Kier molecular flexibility index (Phi) is 7.60. The van der Waals surface area contributed by atoms with Gasteiger partial charge in [-0.2, -0.15) is 0 Å². The summed E-state index contributed by atoms with van der Waals surface area (Å²) in [5.41, 5.74) is 2.43. The summed E-state index contributed by atoms with van der Waals surface area (Å²) in [5.74, 6) is 1.22. The van der Waals surface area contributed by atoms with Gasteiger partial charge in [0.25, 0.3) is 0 Å². The number of aryl methyl sites for hydroxylation is 2. The molecule has 0 saturated carbocycles. The second kappa shape index (κ2) is 9.71. The van der Waals surface area contributed by atoms with Gasteiger partial charge in [0.1, 0.15) is 5.82 Å². The predicted molar refractivity (Wildman–Crippen MR) is 100.0 cm³/mol. The lowest BCUT2D eigenvalue weighted by atomic mass is 10.2. The summed E-state index contributed by atoms with van der Waals surface area (Å²) < 4.78 is 2.42. The van der Waals surface area contributed by atoms with Gasteiger partial charge < -0.3 is 9.47 Å². The molecule has 23 heavy (non-hydrogen) atoms. The fourth-order valence-electron chi connectivity index (χ4n) is 3.20. The molecule has 0 spiro atoms. The van der Waals surface area contributed by atoms with Crippen molar-refractivity contribution >= 4 is 11.0 Å². The van der Waals surface area contributed by atoms with Gasteiger partial charge in [-0.25, -0.2) is 4.98 Å². The average molecular weight is 316 g/mol. The summed E-state index contributed by atoms with van der Waals surface area (Å²) in [7, 11) is 0. The normalized spacial score (nSPS) is 11.7. The number of hydrogen-bond acceptors (Lipinski definition) is 2. The van der Waals surface area contributed by atoms with Crippen LogP contribution in [-0.4, -0.2) is 34.1 Å². The first-order chi connectivity index (χ1) is 11.3. The van der Waals surface area contributed by atoms with Crippen molar-refractivity contribution in [1.29, 1.82) is 0 Å². The SMILES string of the molecule is CCCCN(CCCC)CCCn1c(CC)nc2ccccc21. The Bertz CT molecular complexity index is 565. The van der Waals surface area contributed by atoms with Crippen LogP contribution in [0.5, 0.6) is 0 Å². The molecule has 1 aromatic heterocycles. The van der Waals surface area contributed by atoms with Crippen molar-refractivity contribution in [2.45, 2.75) is 65.8 Å². The van der Waals surface area contributed by atoms with E-state index in [4.69, 9.17) is 4.98 Å². The highest BCUT2D eigenvalue weighted by molar-refractivity contribution is 5.75. The number of rotatable bonds is 11. The molecule has 0 unspecified atom stereocenters. The number of para-hydroxylation sites is 2. The van der Waals surface area contributed by atoms with Crippen LogP contribution in [0.1, 0.15) is 58.7 Å². The minimum absolute atomic E-state index is 1.00. The van der Waals surface area contributed by atoms with Crippen LogP contribution < -0.4 is 0 Å². The van der Waals surface area contributed by atoms with Crippen molar-refractivity contribution in [2.24, 2.45) is 0 Å². The minimum atomic E-state index is 1.00. The number of nitrogens with zero attached hydrogens (tertiary/aromatic N) is 3. The zero-order chi connectivity index (χ0) is 16.5. The first kappa shape index (κ1) is 18.0. The van der Waals surface area contributed by atoms with Crippen molar-refractivity contribution < 1.29 is 0 Å². The fourth-order valence-corrected chi connectivity index (χ4v) is 3.20. The van der Waals surface area contributed by atoms with Crippen LogP contribution >= 0.6 is 0 Å². The van der Waals surface area contributed by atoms with Crippen LogP contribution in [0, 0.1) is 0 Å². The van der Waals surface area contributed by atoms with Crippen LogP contribution in [0.15, 0.2) is 24.3 Å². The first-order valence-electron chi connectivity index (χ1n) is 9.46. The van der Waals surface area contributed by atoms with E-state index in [-0.39, 0.29) is 0 Å². The van der Waals surface area contributed by atoms with Gasteiger partial charge in [0, 0.05) is 13.0 Å². The Balaban J connectivity index is 1.96. The molecule has 0 aliphatic carbocycles. The second-order valence-electron chi connectivity index (χ2n) is 6.42. The Hall–Kier alpha value is -1.35. The van der Waals surface area contributed by atoms with E-state index in [1.54, 1.807) is 0 Å². The molecule has 0 radical (unpaired) electrons. The molecule has 0 aliphatic rings. The van der Waals surface area contributed by atoms with E-state index in [0.717, 1.165) is 18.5 Å². The minimum Gasteiger partial charge on any atom is -0.328 e. The molecule has 0 N–H and O–H groups in total. The first-order valence-corrected chi connectivity index (χ1v) is 9.46. The maximum atomic E-state index is 4.78. The molecule has 0 bridgehead atoms. The zero-order valence-electron chi connectivity index (χ0n) is 15.2. The highest BCUT2D eigenvalue weighted by Gasteiger charge is 2.09. The van der Waals surface area contributed by atoms with Gasteiger partial charge >= 0.3 is 0 Å². The van der Waals surface area contributed by atoms with Crippen molar-refractivity contribution in [3.63, 3.8) is 0 Å². The molecule has 1 aromatic carbocycles. The van der Waals surface area contributed by atoms with E-state index >= 15 is 0 Å². The van der Waals surface area contributed by atoms with Gasteiger partial charge in [-0.3, -0.25) is 0 Å². The van der Waals surface area contributed by atoms with Crippen LogP contribution in [0.4, 0.5) is 0 Å². The van der Waals surface area contributed by atoms with E-state index in [1.165, 1.54) is 63.1 Å². The summed E-state index contributed by atoms with van der Waals surface area (Å²) in [6, 6.07) is 8.53. The van der Waals surface area contributed by atoms with Crippen molar-refractivity contribution in [2.75, 3.05) is 19.6 Å². The highest BCUT2D eigenvalue weighted by atomic mass is 15.1. The van der Waals surface area contributed by atoms with Gasteiger partial charge in [0.15, 0.2) is 0 Å². The van der Waals surface area contributed by atoms with Crippen molar-refractivity contribution in [1.82, 2.24) is 14.5 Å². The Morgan fingerprint density at radius 3 is 2.22 bits per heavy atom. The Labute approximate surface area is 141 Å². The summed E-state index contributed by atoms with van der Waals surface area (Å²) in [5, 5.41) is 0. The highest BCUT2D eigenvalue weighted by Crippen LogP contribution is 2.17. The van der Waals surface area contributed by atoms with Crippen LogP contribution in [0.25, 0.3) is 11.0 Å². The van der Waals surface area contributed by atoms with E-state index in [9.17, 15) is 0 Å². The summed E-state index contributed by atoms with van der Waals surface area (Å²) in [6.07, 6.45) is 7.42. The molecule has 1 heterocycles. The molecule has 0 amide bonds. The Morgan fingerprint density at radius 1 is 0.913 bits per heavy atom. The number of fused-ring (bicyclic) bond motifs is 1. The third-order valence-corrected chi connectivity index (χ3v) is 4.56. The average Bonchev–Trinajstić information content (AvgIpc) is 2.94. The van der Waals surface area contributed by atoms with Gasteiger partial charge in [0.05, 0.1) is 11.0 Å².